The number of hydrogen-bond acceptors (Lipinski definition) is 3. The Morgan fingerprint density at radius 3 is 2.46 bits per heavy atom. The summed E-state index contributed by atoms with van der Waals surface area (Å²) in [7, 11) is 0. The molecule has 0 N–H and O–H groups in total. The molecule has 2 saturated heterocycles. The van der Waals surface area contributed by atoms with Crippen LogP contribution >= 0.6 is 0 Å². The molecule has 0 spiro atoms. The normalized spacial score (nSPS) is 22.8. The molecule has 0 aromatic carbocycles. The van der Waals surface area contributed by atoms with Gasteiger partial charge in [0, 0.05) is 24.8 Å². The third-order valence-electron chi connectivity index (χ3n) is 6.50. The van der Waals surface area contributed by atoms with Crippen LogP contribution in [0.1, 0.15) is 62.4 Å². The summed E-state index contributed by atoms with van der Waals surface area (Å²) in [5, 5.41) is 4.62. The summed E-state index contributed by atoms with van der Waals surface area (Å²) < 4.78 is 2.02. The van der Waals surface area contributed by atoms with E-state index >= 15 is 0 Å². The highest BCUT2D eigenvalue weighted by Crippen LogP contribution is 2.24. The van der Waals surface area contributed by atoms with Crippen LogP contribution in [0.15, 0.2) is 0 Å². The molecule has 5 heteroatoms. The fraction of sp³-hybridized carbons (Fsp3) is 0.810. The highest BCUT2D eigenvalue weighted by Gasteiger charge is 2.30. The molecular weight excluding hydrogens is 324 g/mol. The molecule has 0 aliphatic carbocycles. The number of amides is 1. The Balaban J connectivity index is 1.60. The monoisotopic (exact) mass is 360 g/mol. The van der Waals surface area contributed by atoms with Gasteiger partial charge in [-0.1, -0.05) is 6.92 Å². The quantitative estimate of drug-likeness (QED) is 0.781. The molecule has 0 unspecified atom stereocenters. The Labute approximate surface area is 158 Å². The van der Waals surface area contributed by atoms with Gasteiger partial charge in [-0.15, -0.1) is 0 Å². The second kappa shape index (κ2) is 8.55. The highest BCUT2D eigenvalue weighted by atomic mass is 16.2. The van der Waals surface area contributed by atoms with E-state index in [2.05, 4.69) is 35.7 Å². The van der Waals surface area contributed by atoms with Gasteiger partial charge in [-0.05, 0) is 77.9 Å². The minimum atomic E-state index is -0.0141. The first-order valence-corrected chi connectivity index (χ1v) is 10.5. The molecule has 2 aliphatic heterocycles. The largest absolute Gasteiger partial charge is 0.339 e. The summed E-state index contributed by atoms with van der Waals surface area (Å²) in [5.74, 6) is 0.307. The maximum atomic E-state index is 13.2. The number of carbonyl (C=O) groups excluding carboxylic acids is 1. The lowest BCUT2D eigenvalue weighted by Crippen LogP contribution is -2.47. The molecule has 3 rings (SSSR count). The van der Waals surface area contributed by atoms with Gasteiger partial charge in [-0.2, -0.15) is 5.10 Å². The van der Waals surface area contributed by atoms with Crippen LogP contribution in [0.4, 0.5) is 0 Å². The first-order valence-electron chi connectivity index (χ1n) is 10.5. The summed E-state index contributed by atoms with van der Waals surface area (Å²) in [5.41, 5.74) is 3.50. The van der Waals surface area contributed by atoms with Crippen molar-refractivity contribution in [2.24, 2.45) is 5.92 Å². The summed E-state index contributed by atoms with van der Waals surface area (Å²) in [6, 6.07) is 0.432. The number of aromatic nitrogens is 2. The predicted octanol–water partition coefficient (Wildman–Crippen LogP) is 3.31. The Morgan fingerprint density at radius 2 is 1.81 bits per heavy atom. The molecule has 1 amide bonds. The van der Waals surface area contributed by atoms with E-state index in [4.69, 9.17) is 0 Å². The van der Waals surface area contributed by atoms with Gasteiger partial charge in [-0.3, -0.25) is 9.48 Å². The van der Waals surface area contributed by atoms with Crippen LogP contribution in [-0.4, -0.2) is 57.7 Å². The summed E-state index contributed by atoms with van der Waals surface area (Å²) in [6.45, 7) is 13.6. The van der Waals surface area contributed by atoms with Crippen LogP contribution in [0.25, 0.3) is 0 Å². The van der Waals surface area contributed by atoms with Crippen molar-refractivity contribution in [3.8, 4) is 0 Å². The van der Waals surface area contributed by atoms with Crippen LogP contribution in [0, 0.1) is 26.7 Å². The van der Waals surface area contributed by atoms with Crippen LogP contribution in [-0.2, 0) is 11.3 Å². The van der Waals surface area contributed by atoms with Gasteiger partial charge < -0.3 is 9.80 Å². The van der Waals surface area contributed by atoms with Crippen LogP contribution in [0.3, 0.4) is 0 Å². The maximum Gasteiger partial charge on any atom is 0.227 e. The zero-order chi connectivity index (χ0) is 18.7. The average molecular weight is 361 g/mol. The minimum Gasteiger partial charge on any atom is -0.339 e. The molecule has 2 aliphatic rings. The van der Waals surface area contributed by atoms with Gasteiger partial charge >= 0.3 is 0 Å². The lowest BCUT2D eigenvalue weighted by Gasteiger charge is -2.38. The van der Waals surface area contributed by atoms with Crippen LogP contribution in [0.5, 0.6) is 0 Å². The molecule has 2 atom stereocenters. The molecule has 1 aromatic heterocycles. The van der Waals surface area contributed by atoms with E-state index in [1.54, 1.807) is 0 Å². The van der Waals surface area contributed by atoms with Crippen molar-refractivity contribution in [1.82, 2.24) is 19.6 Å². The maximum absolute atomic E-state index is 13.2. The molecule has 3 heterocycles. The molecule has 1 aromatic rings. The zero-order valence-electron chi connectivity index (χ0n) is 17.1. The lowest BCUT2D eigenvalue weighted by atomic mass is 9.97. The molecule has 0 bridgehead atoms. The van der Waals surface area contributed by atoms with Crippen LogP contribution in [0.2, 0.25) is 0 Å². The minimum absolute atomic E-state index is 0.0141. The van der Waals surface area contributed by atoms with Crippen molar-refractivity contribution >= 4 is 5.91 Å². The topological polar surface area (TPSA) is 41.4 Å². The molecule has 0 radical (unpaired) electrons. The van der Waals surface area contributed by atoms with E-state index in [0.29, 0.717) is 18.5 Å². The van der Waals surface area contributed by atoms with E-state index in [0.717, 1.165) is 31.6 Å². The number of nitrogens with zero attached hydrogens (tertiary/aromatic N) is 4. The Hall–Kier alpha value is -1.36. The molecule has 0 saturated carbocycles. The van der Waals surface area contributed by atoms with Crippen LogP contribution < -0.4 is 0 Å². The SMILES string of the molecule is Cc1nn(C[C@@H](C)C(=O)N2CCCC[C@@H]2CCN2CCCC2)c(C)c1C. The first-order chi connectivity index (χ1) is 12.5. The third kappa shape index (κ3) is 4.30. The second-order valence-electron chi connectivity index (χ2n) is 8.40. The fourth-order valence-corrected chi connectivity index (χ4v) is 4.51. The Kier molecular flexibility index (Phi) is 6.38. The van der Waals surface area contributed by atoms with E-state index < -0.39 is 0 Å². The summed E-state index contributed by atoms with van der Waals surface area (Å²) in [6.07, 6.45) is 7.40. The lowest BCUT2D eigenvalue weighted by molar-refractivity contribution is -0.139. The van der Waals surface area contributed by atoms with Gasteiger partial charge in [0.05, 0.1) is 18.2 Å². The van der Waals surface area contributed by atoms with Crippen molar-refractivity contribution in [3.63, 3.8) is 0 Å². The Morgan fingerprint density at radius 1 is 1.12 bits per heavy atom. The van der Waals surface area contributed by atoms with Gasteiger partial charge in [0.2, 0.25) is 5.91 Å². The van der Waals surface area contributed by atoms with E-state index in [1.165, 1.54) is 50.0 Å². The van der Waals surface area contributed by atoms with Gasteiger partial charge in [0.15, 0.2) is 0 Å². The number of aryl methyl sites for hydroxylation is 1. The van der Waals surface area contributed by atoms with Crippen molar-refractivity contribution in [2.45, 2.75) is 78.8 Å². The van der Waals surface area contributed by atoms with Crippen molar-refractivity contribution in [2.75, 3.05) is 26.2 Å². The molecule has 26 heavy (non-hydrogen) atoms. The molecule has 146 valence electrons. The zero-order valence-corrected chi connectivity index (χ0v) is 17.1. The summed E-state index contributed by atoms with van der Waals surface area (Å²) >= 11 is 0. The number of hydrogen-bond donors (Lipinski definition) is 0. The van der Waals surface area contributed by atoms with Gasteiger partial charge in [0.1, 0.15) is 0 Å². The smallest absolute Gasteiger partial charge is 0.227 e. The number of rotatable bonds is 6. The third-order valence-corrected chi connectivity index (χ3v) is 6.50. The van der Waals surface area contributed by atoms with E-state index in [-0.39, 0.29) is 5.92 Å². The number of likely N-dealkylation sites (tertiary alicyclic amines) is 2. The first kappa shape index (κ1) is 19.4. The molecular formula is C21H36N4O. The van der Waals surface area contributed by atoms with E-state index in [9.17, 15) is 4.79 Å². The van der Waals surface area contributed by atoms with Gasteiger partial charge in [-0.25, -0.2) is 0 Å². The Bertz CT molecular complexity index is 618. The average Bonchev–Trinajstić information content (AvgIpc) is 3.24. The van der Waals surface area contributed by atoms with E-state index in [1.807, 2.05) is 11.6 Å². The van der Waals surface area contributed by atoms with Crippen molar-refractivity contribution in [3.05, 3.63) is 17.0 Å². The second-order valence-corrected chi connectivity index (χ2v) is 8.40. The summed E-state index contributed by atoms with van der Waals surface area (Å²) in [4.78, 5) is 17.9. The van der Waals surface area contributed by atoms with Crippen molar-refractivity contribution < 1.29 is 4.79 Å². The predicted molar refractivity (Wildman–Crippen MR) is 105 cm³/mol. The van der Waals surface area contributed by atoms with Gasteiger partial charge in [0.25, 0.3) is 0 Å². The number of piperidine rings is 1. The standard InChI is InChI=1S/C21H36N4O/c1-16(15-25-19(4)17(2)18(3)22-25)21(26)24-13-6-5-9-20(24)10-14-23-11-7-8-12-23/h16,20H,5-15H2,1-4H3/t16-,20-/m1/s1. The van der Waals surface area contributed by atoms with Crippen molar-refractivity contribution in [1.29, 1.82) is 0 Å². The number of carbonyl (C=O) groups is 1. The highest BCUT2D eigenvalue weighted by molar-refractivity contribution is 5.78. The molecule has 5 nitrogen and oxygen atoms in total. The molecule has 2 fully saturated rings. The fourth-order valence-electron chi connectivity index (χ4n) is 4.51.